The van der Waals surface area contributed by atoms with Crippen LogP contribution in [0, 0.1) is 11.3 Å². The minimum Gasteiger partial charge on any atom is -0.294 e. The van der Waals surface area contributed by atoms with Gasteiger partial charge in [0.15, 0.2) is 5.78 Å². The lowest BCUT2D eigenvalue weighted by Crippen LogP contribution is -2.21. The maximum absolute atomic E-state index is 11.9. The fraction of sp³-hybridized carbons (Fsp3) is 0.786. The number of ketones is 1. The Kier molecular flexibility index (Phi) is 5.85. The number of carbonyl (C=O) groups is 1. The molecule has 0 aliphatic heterocycles. The summed E-state index contributed by atoms with van der Waals surface area (Å²) in [5, 5.41) is 0. The van der Waals surface area contributed by atoms with Crippen LogP contribution in [0.25, 0.3) is 0 Å². The minimum absolute atomic E-state index is 0.245. The van der Waals surface area contributed by atoms with E-state index in [-0.39, 0.29) is 11.2 Å². The van der Waals surface area contributed by atoms with Crippen molar-refractivity contribution in [1.82, 2.24) is 0 Å². The Balaban J connectivity index is 4.36. The molecular formula is C14H26O. The zero-order chi connectivity index (χ0) is 12.1. The predicted molar refractivity (Wildman–Crippen MR) is 66.9 cm³/mol. The summed E-state index contributed by atoms with van der Waals surface area (Å²) < 4.78 is 0. The molecule has 1 unspecified atom stereocenters. The van der Waals surface area contributed by atoms with Crippen LogP contribution in [0.3, 0.4) is 0 Å². The molecule has 1 atom stereocenters. The third-order valence-corrected chi connectivity index (χ3v) is 2.59. The summed E-state index contributed by atoms with van der Waals surface area (Å²) in [5.74, 6) is 0.794. The quantitative estimate of drug-likeness (QED) is 0.616. The van der Waals surface area contributed by atoms with Crippen molar-refractivity contribution in [2.45, 2.75) is 60.8 Å². The van der Waals surface area contributed by atoms with E-state index in [2.05, 4.69) is 19.9 Å². The van der Waals surface area contributed by atoms with Gasteiger partial charge in [0.25, 0.3) is 0 Å². The van der Waals surface area contributed by atoms with Gasteiger partial charge in [-0.2, -0.15) is 0 Å². The first-order valence-corrected chi connectivity index (χ1v) is 6.02. The Bertz CT molecular complexity index is 230. The number of hydrogen-bond donors (Lipinski definition) is 0. The van der Waals surface area contributed by atoms with Gasteiger partial charge in [-0.05, 0) is 24.8 Å². The van der Waals surface area contributed by atoms with E-state index in [1.54, 1.807) is 0 Å². The summed E-state index contributed by atoms with van der Waals surface area (Å²) in [6.45, 7) is 12.3. The molecule has 1 heteroatoms. The van der Waals surface area contributed by atoms with Crippen molar-refractivity contribution in [3.63, 3.8) is 0 Å². The van der Waals surface area contributed by atoms with E-state index in [9.17, 15) is 4.79 Å². The average Bonchev–Trinajstić information content (AvgIpc) is 2.11. The number of allylic oxidation sites excluding steroid dienone is 2. The molecule has 1 nitrogen and oxygen atoms in total. The Labute approximate surface area is 95.0 Å². The fourth-order valence-electron chi connectivity index (χ4n) is 1.70. The summed E-state index contributed by atoms with van der Waals surface area (Å²) >= 11 is 0. The van der Waals surface area contributed by atoms with Gasteiger partial charge < -0.3 is 0 Å². The zero-order valence-corrected chi connectivity index (χ0v) is 11.2. The Morgan fingerprint density at radius 1 is 1.33 bits per heavy atom. The second kappa shape index (κ2) is 6.09. The third-order valence-electron chi connectivity index (χ3n) is 2.59. The van der Waals surface area contributed by atoms with Crippen molar-refractivity contribution in [3.05, 3.63) is 11.6 Å². The number of Topliss-reactive ketones (excluding diaryl/α,β-unsaturated/α-hetero) is 1. The van der Waals surface area contributed by atoms with Crippen LogP contribution in [-0.2, 0) is 4.79 Å². The number of hydrogen-bond acceptors (Lipinski definition) is 1. The van der Waals surface area contributed by atoms with Crippen LogP contribution in [0.15, 0.2) is 11.6 Å². The molecule has 0 aromatic rings. The van der Waals surface area contributed by atoms with Gasteiger partial charge in [0.1, 0.15) is 0 Å². The van der Waals surface area contributed by atoms with Crippen molar-refractivity contribution < 1.29 is 4.79 Å². The topological polar surface area (TPSA) is 17.1 Å². The van der Waals surface area contributed by atoms with E-state index in [0.717, 1.165) is 5.57 Å². The second-order valence-corrected chi connectivity index (χ2v) is 5.55. The summed E-state index contributed by atoms with van der Waals surface area (Å²) in [7, 11) is 0. The molecular weight excluding hydrogens is 184 g/mol. The van der Waals surface area contributed by atoms with Crippen LogP contribution in [0.5, 0.6) is 0 Å². The van der Waals surface area contributed by atoms with Gasteiger partial charge in [-0.25, -0.2) is 0 Å². The Morgan fingerprint density at radius 2 is 1.87 bits per heavy atom. The van der Waals surface area contributed by atoms with Crippen molar-refractivity contribution in [1.29, 1.82) is 0 Å². The highest BCUT2D eigenvalue weighted by molar-refractivity contribution is 5.98. The molecule has 0 aromatic carbocycles. The van der Waals surface area contributed by atoms with Crippen molar-refractivity contribution >= 4 is 5.78 Å². The molecule has 0 N–H and O–H groups in total. The number of carbonyl (C=O) groups excluding carboxylic acids is 1. The molecule has 0 aromatic heterocycles. The molecule has 0 bridgehead atoms. The van der Waals surface area contributed by atoms with Gasteiger partial charge in [-0.1, -0.05) is 53.5 Å². The van der Waals surface area contributed by atoms with Gasteiger partial charge in [-0.3, -0.25) is 4.79 Å². The second-order valence-electron chi connectivity index (χ2n) is 5.55. The van der Waals surface area contributed by atoms with Gasteiger partial charge in [-0.15, -0.1) is 0 Å². The minimum atomic E-state index is -0.245. The Hall–Kier alpha value is -0.590. The molecule has 0 aliphatic carbocycles. The summed E-state index contributed by atoms with van der Waals surface area (Å²) in [6.07, 6.45) is 5.79. The van der Waals surface area contributed by atoms with E-state index in [4.69, 9.17) is 0 Å². The van der Waals surface area contributed by atoms with Gasteiger partial charge in [0.05, 0.1) is 0 Å². The monoisotopic (exact) mass is 210 g/mol. The van der Waals surface area contributed by atoms with Crippen molar-refractivity contribution in [2.75, 3.05) is 0 Å². The zero-order valence-electron chi connectivity index (χ0n) is 11.2. The molecule has 0 radical (unpaired) electrons. The molecule has 88 valence electrons. The molecule has 0 saturated carbocycles. The van der Waals surface area contributed by atoms with Crippen LogP contribution in [0.2, 0.25) is 0 Å². The maximum Gasteiger partial charge on any atom is 0.163 e. The van der Waals surface area contributed by atoms with Crippen LogP contribution in [0.1, 0.15) is 60.8 Å². The maximum atomic E-state index is 11.9. The van der Waals surface area contributed by atoms with Crippen LogP contribution < -0.4 is 0 Å². The highest BCUT2D eigenvalue weighted by Gasteiger charge is 2.22. The van der Waals surface area contributed by atoms with E-state index >= 15 is 0 Å². The molecule has 0 rings (SSSR count). The molecule has 0 saturated heterocycles. The molecule has 15 heavy (non-hydrogen) atoms. The molecule has 0 amide bonds. The first-order chi connectivity index (χ1) is 6.79. The van der Waals surface area contributed by atoms with Crippen LogP contribution in [-0.4, -0.2) is 5.78 Å². The van der Waals surface area contributed by atoms with Crippen LogP contribution in [0.4, 0.5) is 0 Å². The van der Waals surface area contributed by atoms with Crippen LogP contribution >= 0.6 is 0 Å². The highest BCUT2D eigenvalue weighted by Crippen LogP contribution is 2.21. The SMILES string of the molecule is CCCCC(C)/C=C(\C)C(=O)C(C)(C)C. The first-order valence-electron chi connectivity index (χ1n) is 6.02. The van der Waals surface area contributed by atoms with Gasteiger partial charge in [0.2, 0.25) is 0 Å². The summed E-state index contributed by atoms with van der Waals surface area (Å²) in [4.78, 5) is 11.9. The molecule has 0 heterocycles. The third kappa shape index (κ3) is 5.76. The van der Waals surface area contributed by atoms with Gasteiger partial charge >= 0.3 is 0 Å². The largest absolute Gasteiger partial charge is 0.294 e. The first kappa shape index (κ1) is 14.4. The summed E-state index contributed by atoms with van der Waals surface area (Å²) in [5.41, 5.74) is 0.677. The van der Waals surface area contributed by atoms with E-state index in [0.29, 0.717) is 5.92 Å². The van der Waals surface area contributed by atoms with E-state index < -0.39 is 0 Å². The molecule has 0 spiro atoms. The smallest absolute Gasteiger partial charge is 0.163 e. The highest BCUT2D eigenvalue weighted by atomic mass is 16.1. The lowest BCUT2D eigenvalue weighted by Gasteiger charge is -2.17. The summed E-state index contributed by atoms with van der Waals surface area (Å²) in [6, 6.07) is 0. The number of rotatable bonds is 5. The lowest BCUT2D eigenvalue weighted by molar-refractivity contribution is -0.122. The van der Waals surface area contributed by atoms with Crippen molar-refractivity contribution in [2.24, 2.45) is 11.3 Å². The fourth-order valence-corrected chi connectivity index (χ4v) is 1.70. The van der Waals surface area contributed by atoms with Crippen molar-refractivity contribution in [3.8, 4) is 0 Å². The standard InChI is InChI=1S/C14H26O/c1-7-8-9-11(2)10-12(3)13(15)14(4,5)6/h10-11H,7-9H2,1-6H3/b12-10+. The normalized spacial score (nSPS) is 15.2. The molecule has 0 fully saturated rings. The van der Waals surface area contributed by atoms with E-state index in [1.807, 2.05) is 27.7 Å². The van der Waals surface area contributed by atoms with E-state index in [1.165, 1.54) is 19.3 Å². The number of unbranched alkanes of at least 4 members (excludes halogenated alkanes) is 1. The lowest BCUT2D eigenvalue weighted by atomic mass is 9.85. The molecule has 0 aliphatic rings. The van der Waals surface area contributed by atoms with Gasteiger partial charge in [0, 0.05) is 5.41 Å². The Morgan fingerprint density at radius 3 is 2.27 bits per heavy atom. The average molecular weight is 210 g/mol. The predicted octanol–water partition coefficient (Wildman–Crippen LogP) is 4.37.